The van der Waals surface area contributed by atoms with Gasteiger partial charge in [0.15, 0.2) is 5.69 Å². The minimum atomic E-state index is -0.189. The molecule has 0 aliphatic rings. The van der Waals surface area contributed by atoms with Crippen LogP contribution in [0.5, 0.6) is 0 Å². The van der Waals surface area contributed by atoms with Crippen LogP contribution in [0.1, 0.15) is 37.7 Å². The Morgan fingerprint density at radius 2 is 2.09 bits per heavy atom. The molecule has 0 aliphatic carbocycles. The number of benzene rings is 1. The number of aryl methyl sites for hydroxylation is 1. The lowest BCUT2D eigenvalue weighted by Gasteiger charge is -2.20. The molecule has 1 aromatic carbocycles. The molecule has 1 heterocycles. The summed E-state index contributed by atoms with van der Waals surface area (Å²) in [5, 5.41) is 8.57. The monoisotopic (exact) mass is 320 g/mol. The van der Waals surface area contributed by atoms with Gasteiger partial charge in [-0.3, -0.25) is 9.48 Å². The fraction of sp³-hybridized carbons (Fsp3) is 0.438. The van der Waals surface area contributed by atoms with Gasteiger partial charge in [-0.2, -0.15) is 0 Å². The molecular formula is C16H21ClN4O. The summed E-state index contributed by atoms with van der Waals surface area (Å²) in [5.74, 6) is 0.394. The molecule has 0 unspecified atom stereocenters. The summed E-state index contributed by atoms with van der Waals surface area (Å²) in [5.41, 5.74) is 1.03. The Bertz CT molecular complexity index is 639. The Morgan fingerprint density at radius 3 is 2.73 bits per heavy atom. The van der Waals surface area contributed by atoms with Gasteiger partial charge in [0.2, 0.25) is 0 Å². The lowest BCUT2D eigenvalue weighted by atomic mass is 10.1. The van der Waals surface area contributed by atoms with Crippen molar-refractivity contribution in [2.75, 3.05) is 11.4 Å². The Balaban J connectivity index is 2.17. The van der Waals surface area contributed by atoms with Gasteiger partial charge >= 0.3 is 0 Å². The van der Waals surface area contributed by atoms with E-state index in [-0.39, 0.29) is 5.91 Å². The van der Waals surface area contributed by atoms with E-state index in [0.717, 1.165) is 13.0 Å². The summed E-state index contributed by atoms with van der Waals surface area (Å²) in [6, 6.07) is 7.29. The molecule has 118 valence electrons. The van der Waals surface area contributed by atoms with Crippen molar-refractivity contribution in [1.29, 1.82) is 0 Å². The predicted molar refractivity (Wildman–Crippen MR) is 88.3 cm³/mol. The summed E-state index contributed by atoms with van der Waals surface area (Å²) in [4.78, 5) is 14.2. The van der Waals surface area contributed by atoms with Crippen molar-refractivity contribution in [3.05, 3.63) is 41.2 Å². The second kappa shape index (κ2) is 7.40. The van der Waals surface area contributed by atoms with E-state index in [1.165, 1.54) is 0 Å². The maximum Gasteiger partial charge on any atom is 0.280 e. The highest BCUT2D eigenvalue weighted by Gasteiger charge is 2.21. The van der Waals surface area contributed by atoms with Gasteiger partial charge < -0.3 is 4.90 Å². The van der Waals surface area contributed by atoms with Crippen LogP contribution in [-0.2, 0) is 6.54 Å². The lowest BCUT2D eigenvalue weighted by molar-refractivity contribution is 0.0983. The summed E-state index contributed by atoms with van der Waals surface area (Å²) < 4.78 is 1.72. The highest BCUT2D eigenvalue weighted by atomic mass is 35.5. The number of halogens is 1. The van der Waals surface area contributed by atoms with Crippen LogP contribution in [0, 0.1) is 5.92 Å². The zero-order valence-electron chi connectivity index (χ0n) is 13.2. The van der Waals surface area contributed by atoms with Gasteiger partial charge in [0.1, 0.15) is 0 Å². The minimum Gasteiger partial charge on any atom is -0.306 e. The van der Waals surface area contributed by atoms with Crippen molar-refractivity contribution in [3.63, 3.8) is 0 Å². The van der Waals surface area contributed by atoms with Crippen LogP contribution in [-0.4, -0.2) is 27.4 Å². The van der Waals surface area contributed by atoms with E-state index in [0.29, 0.717) is 28.9 Å². The van der Waals surface area contributed by atoms with Crippen LogP contribution in [0.2, 0.25) is 5.02 Å². The summed E-state index contributed by atoms with van der Waals surface area (Å²) in [6.07, 6.45) is 2.70. The standard InChI is InChI=1S/C16H21ClN4O/c1-4-21(15-8-6-5-7-13(15)17)16(22)14-11-20(19-18-14)10-9-12(2)3/h5-8,11-12H,4,9-10H2,1-3H3. The van der Waals surface area contributed by atoms with Crippen molar-refractivity contribution in [2.24, 2.45) is 5.92 Å². The van der Waals surface area contributed by atoms with E-state index in [9.17, 15) is 4.79 Å². The van der Waals surface area contributed by atoms with Crippen LogP contribution < -0.4 is 4.90 Å². The van der Waals surface area contributed by atoms with Crippen molar-refractivity contribution in [3.8, 4) is 0 Å². The first kappa shape index (κ1) is 16.5. The lowest BCUT2D eigenvalue weighted by Crippen LogP contribution is -2.31. The number of hydrogen-bond acceptors (Lipinski definition) is 3. The van der Waals surface area contributed by atoms with Crippen LogP contribution in [0.15, 0.2) is 30.5 Å². The van der Waals surface area contributed by atoms with Crippen LogP contribution in [0.3, 0.4) is 0 Å². The SMILES string of the molecule is CCN(C(=O)c1cn(CCC(C)C)nn1)c1ccccc1Cl. The Kier molecular flexibility index (Phi) is 5.55. The molecule has 0 radical (unpaired) electrons. The van der Waals surface area contributed by atoms with E-state index >= 15 is 0 Å². The molecule has 0 saturated carbocycles. The van der Waals surface area contributed by atoms with E-state index < -0.39 is 0 Å². The third-order valence-electron chi connectivity index (χ3n) is 3.40. The molecule has 0 N–H and O–H groups in total. The quantitative estimate of drug-likeness (QED) is 0.816. The second-order valence-corrected chi connectivity index (χ2v) is 5.96. The number of carbonyl (C=O) groups is 1. The van der Waals surface area contributed by atoms with E-state index in [1.807, 2.05) is 25.1 Å². The van der Waals surface area contributed by atoms with Crippen molar-refractivity contribution < 1.29 is 4.79 Å². The maximum atomic E-state index is 12.6. The molecular weight excluding hydrogens is 300 g/mol. The molecule has 0 bridgehead atoms. The van der Waals surface area contributed by atoms with Gasteiger partial charge in [0, 0.05) is 13.1 Å². The fourth-order valence-corrected chi connectivity index (χ4v) is 2.37. The molecule has 22 heavy (non-hydrogen) atoms. The molecule has 0 atom stereocenters. The summed E-state index contributed by atoms with van der Waals surface area (Å²) in [6.45, 7) is 7.49. The van der Waals surface area contributed by atoms with Gasteiger partial charge in [0.25, 0.3) is 5.91 Å². The molecule has 2 rings (SSSR count). The molecule has 2 aromatic rings. The number of amides is 1. The number of rotatable bonds is 6. The number of nitrogens with zero attached hydrogens (tertiary/aromatic N) is 4. The predicted octanol–water partition coefficient (Wildman–Crippen LogP) is 3.64. The van der Waals surface area contributed by atoms with E-state index in [1.54, 1.807) is 21.8 Å². The minimum absolute atomic E-state index is 0.189. The highest BCUT2D eigenvalue weighted by molar-refractivity contribution is 6.34. The topological polar surface area (TPSA) is 51.0 Å². The smallest absolute Gasteiger partial charge is 0.280 e. The number of para-hydroxylation sites is 1. The van der Waals surface area contributed by atoms with Gasteiger partial charge in [0.05, 0.1) is 16.9 Å². The molecule has 0 fully saturated rings. The molecule has 5 nitrogen and oxygen atoms in total. The summed E-state index contributed by atoms with van der Waals surface area (Å²) >= 11 is 6.18. The van der Waals surface area contributed by atoms with E-state index in [2.05, 4.69) is 24.2 Å². The van der Waals surface area contributed by atoms with E-state index in [4.69, 9.17) is 11.6 Å². The molecule has 0 aliphatic heterocycles. The van der Waals surface area contributed by atoms with Crippen molar-refractivity contribution >= 4 is 23.2 Å². The largest absolute Gasteiger partial charge is 0.306 e. The average Bonchev–Trinajstić information content (AvgIpc) is 2.96. The molecule has 0 saturated heterocycles. The van der Waals surface area contributed by atoms with Crippen LogP contribution in [0.25, 0.3) is 0 Å². The first-order chi connectivity index (χ1) is 10.5. The number of carbonyl (C=O) groups excluding carboxylic acids is 1. The van der Waals surface area contributed by atoms with Crippen LogP contribution >= 0.6 is 11.6 Å². The highest BCUT2D eigenvalue weighted by Crippen LogP contribution is 2.26. The Morgan fingerprint density at radius 1 is 1.36 bits per heavy atom. The third-order valence-corrected chi connectivity index (χ3v) is 3.72. The van der Waals surface area contributed by atoms with Gasteiger partial charge in [-0.1, -0.05) is 42.8 Å². The molecule has 0 spiro atoms. The average molecular weight is 321 g/mol. The van der Waals surface area contributed by atoms with Crippen molar-refractivity contribution in [1.82, 2.24) is 15.0 Å². The first-order valence-electron chi connectivity index (χ1n) is 7.49. The fourth-order valence-electron chi connectivity index (χ4n) is 2.13. The number of aromatic nitrogens is 3. The normalized spacial score (nSPS) is 11.0. The number of anilines is 1. The van der Waals surface area contributed by atoms with Gasteiger partial charge in [-0.25, -0.2) is 0 Å². The molecule has 6 heteroatoms. The van der Waals surface area contributed by atoms with Gasteiger partial charge in [-0.05, 0) is 31.4 Å². The first-order valence-corrected chi connectivity index (χ1v) is 7.87. The maximum absolute atomic E-state index is 12.6. The van der Waals surface area contributed by atoms with Crippen LogP contribution in [0.4, 0.5) is 5.69 Å². The Labute approximate surface area is 135 Å². The molecule has 1 aromatic heterocycles. The summed E-state index contributed by atoms with van der Waals surface area (Å²) in [7, 11) is 0. The second-order valence-electron chi connectivity index (χ2n) is 5.55. The molecule has 1 amide bonds. The zero-order chi connectivity index (χ0) is 16.1. The Hall–Kier alpha value is -1.88. The number of hydrogen-bond donors (Lipinski definition) is 0. The van der Waals surface area contributed by atoms with Crippen molar-refractivity contribution in [2.45, 2.75) is 33.7 Å². The zero-order valence-corrected chi connectivity index (χ0v) is 13.9. The van der Waals surface area contributed by atoms with Gasteiger partial charge in [-0.15, -0.1) is 5.10 Å². The third kappa shape index (κ3) is 3.85.